The average Bonchev–Trinajstić information content (AvgIpc) is 2.95. The van der Waals surface area contributed by atoms with Crippen LogP contribution in [0.1, 0.15) is 18.9 Å². The van der Waals surface area contributed by atoms with Gasteiger partial charge in [0.1, 0.15) is 5.75 Å². The highest BCUT2D eigenvalue weighted by molar-refractivity contribution is 6.08. The van der Waals surface area contributed by atoms with Crippen molar-refractivity contribution < 1.29 is 4.74 Å². The van der Waals surface area contributed by atoms with Crippen LogP contribution in [0.25, 0.3) is 21.8 Å². The monoisotopic (exact) mass is 337 g/mol. The molecule has 0 N–H and O–H groups in total. The Hall–Kier alpha value is -2.27. The van der Waals surface area contributed by atoms with Gasteiger partial charge in [-0.1, -0.05) is 0 Å². The van der Waals surface area contributed by atoms with Gasteiger partial charge in [-0.15, -0.1) is 0 Å². The summed E-state index contributed by atoms with van der Waals surface area (Å²) in [5.74, 6) is 1.42. The van der Waals surface area contributed by atoms with Gasteiger partial charge in [0.15, 0.2) is 0 Å². The molecule has 130 valence electrons. The smallest absolute Gasteiger partial charge is 0.260 e. The zero-order valence-electron chi connectivity index (χ0n) is 14.7. The zero-order chi connectivity index (χ0) is 17.1. The Balaban J connectivity index is 1.76. The van der Waals surface area contributed by atoms with Crippen LogP contribution in [-0.2, 0) is 7.05 Å². The molecule has 6 rings (SSSR count). The van der Waals surface area contributed by atoms with Crippen molar-refractivity contribution in [2.75, 3.05) is 26.7 Å². The highest BCUT2D eigenvalue weighted by Crippen LogP contribution is 2.36. The minimum atomic E-state index is 0.134. The predicted octanol–water partition coefficient (Wildman–Crippen LogP) is 2.77. The molecule has 0 radical (unpaired) electrons. The summed E-state index contributed by atoms with van der Waals surface area (Å²) in [5, 5.41) is 1.80. The van der Waals surface area contributed by atoms with E-state index in [1.165, 1.54) is 25.9 Å². The summed E-state index contributed by atoms with van der Waals surface area (Å²) in [5.41, 5.74) is 2.19. The van der Waals surface area contributed by atoms with Crippen molar-refractivity contribution in [1.29, 1.82) is 0 Å². The summed E-state index contributed by atoms with van der Waals surface area (Å²) in [6.07, 6.45) is 4.42. The standard InChI is InChI=1S/C20H23N3O2/c1-21-16-4-3-14(25-2)11-15(16)19-17(21)7-10-23(20(19)24)18-12-22-8-5-13(18)6-9-22/h3-4,7,10-11,13,18H,5-6,8-9,12H2,1-2H3/t18-/m1/s1. The molecule has 0 unspecified atom stereocenters. The maximum Gasteiger partial charge on any atom is 0.260 e. The second kappa shape index (κ2) is 5.36. The van der Waals surface area contributed by atoms with Crippen molar-refractivity contribution >= 4 is 21.8 Å². The first kappa shape index (κ1) is 15.0. The molecule has 0 spiro atoms. The molecule has 5 nitrogen and oxygen atoms in total. The fraction of sp³-hybridized carbons (Fsp3) is 0.450. The van der Waals surface area contributed by atoms with E-state index >= 15 is 0 Å². The number of hydrogen-bond donors (Lipinski definition) is 0. The molecule has 1 atom stereocenters. The first-order valence-corrected chi connectivity index (χ1v) is 9.07. The van der Waals surface area contributed by atoms with E-state index in [1.807, 2.05) is 36.0 Å². The number of benzene rings is 1. The molecule has 5 heterocycles. The first-order chi connectivity index (χ1) is 12.2. The molecular formula is C20H23N3O2. The number of aromatic nitrogens is 2. The van der Waals surface area contributed by atoms with Gasteiger partial charge in [0, 0.05) is 30.7 Å². The fourth-order valence-corrected chi connectivity index (χ4v) is 4.85. The number of nitrogens with zero attached hydrogens (tertiary/aromatic N) is 3. The number of piperidine rings is 3. The van der Waals surface area contributed by atoms with E-state index in [9.17, 15) is 4.79 Å². The topological polar surface area (TPSA) is 39.4 Å². The highest BCUT2D eigenvalue weighted by atomic mass is 16.5. The Kier molecular flexibility index (Phi) is 3.22. The Bertz CT molecular complexity index is 1020. The maximum absolute atomic E-state index is 13.4. The molecular weight excluding hydrogens is 314 g/mol. The van der Waals surface area contributed by atoms with Crippen LogP contribution in [0.15, 0.2) is 35.3 Å². The average molecular weight is 337 g/mol. The minimum Gasteiger partial charge on any atom is -0.497 e. The zero-order valence-corrected chi connectivity index (χ0v) is 14.7. The van der Waals surface area contributed by atoms with Crippen molar-refractivity contribution in [3.8, 4) is 5.75 Å². The fourth-order valence-electron chi connectivity index (χ4n) is 4.85. The van der Waals surface area contributed by atoms with Gasteiger partial charge in [-0.2, -0.15) is 0 Å². The summed E-state index contributed by atoms with van der Waals surface area (Å²) in [6, 6.07) is 8.38. The molecule has 0 amide bonds. The summed E-state index contributed by atoms with van der Waals surface area (Å²) >= 11 is 0. The van der Waals surface area contributed by atoms with Crippen molar-refractivity contribution in [1.82, 2.24) is 14.0 Å². The highest BCUT2D eigenvalue weighted by Gasteiger charge is 2.35. The lowest BCUT2D eigenvalue weighted by atomic mass is 9.84. The van der Waals surface area contributed by atoms with Crippen LogP contribution in [-0.4, -0.2) is 40.8 Å². The van der Waals surface area contributed by atoms with Gasteiger partial charge < -0.3 is 18.8 Å². The molecule has 25 heavy (non-hydrogen) atoms. The van der Waals surface area contributed by atoms with E-state index in [1.54, 1.807) is 7.11 Å². The van der Waals surface area contributed by atoms with Crippen molar-refractivity contribution in [3.05, 3.63) is 40.8 Å². The van der Waals surface area contributed by atoms with E-state index in [0.29, 0.717) is 12.0 Å². The van der Waals surface area contributed by atoms with Crippen molar-refractivity contribution in [3.63, 3.8) is 0 Å². The van der Waals surface area contributed by atoms with Crippen LogP contribution in [0, 0.1) is 5.92 Å². The van der Waals surface area contributed by atoms with E-state index in [4.69, 9.17) is 4.74 Å². The van der Waals surface area contributed by atoms with Gasteiger partial charge in [-0.3, -0.25) is 4.79 Å². The number of ether oxygens (including phenoxy) is 1. The second-order valence-electron chi connectivity index (χ2n) is 7.44. The van der Waals surface area contributed by atoms with Crippen LogP contribution in [0.5, 0.6) is 5.75 Å². The minimum absolute atomic E-state index is 0.134. The predicted molar refractivity (Wildman–Crippen MR) is 99.4 cm³/mol. The lowest BCUT2D eigenvalue weighted by Gasteiger charge is -2.45. The van der Waals surface area contributed by atoms with Crippen LogP contribution < -0.4 is 10.3 Å². The van der Waals surface area contributed by atoms with Gasteiger partial charge in [-0.25, -0.2) is 0 Å². The Morgan fingerprint density at radius 2 is 1.92 bits per heavy atom. The number of aryl methyl sites for hydroxylation is 1. The quantitative estimate of drug-likeness (QED) is 0.722. The molecule has 2 aromatic heterocycles. The Labute approximate surface area is 146 Å². The second-order valence-corrected chi connectivity index (χ2v) is 7.44. The van der Waals surface area contributed by atoms with Crippen molar-refractivity contribution in [2.24, 2.45) is 13.0 Å². The lowest BCUT2D eigenvalue weighted by molar-refractivity contribution is 0.0556. The summed E-state index contributed by atoms with van der Waals surface area (Å²) < 4.78 is 9.48. The number of methoxy groups -OCH3 is 1. The summed E-state index contributed by atoms with van der Waals surface area (Å²) in [6.45, 7) is 3.37. The maximum atomic E-state index is 13.4. The van der Waals surface area contributed by atoms with E-state index in [-0.39, 0.29) is 5.56 Å². The molecule has 2 bridgehead atoms. The lowest BCUT2D eigenvalue weighted by Crippen LogP contribution is -2.49. The number of hydrogen-bond acceptors (Lipinski definition) is 3. The first-order valence-electron chi connectivity index (χ1n) is 9.07. The molecule has 3 fully saturated rings. The Morgan fingerprint density at radius 1 is 1.12 bits per heavy atom. The number of fused-ring (bicyclic) bond motifs is 6. The third kappa shape index (κ3) is 2.08. The molecule has 0 saturated carbocycles. The van der Waals surface area contributed by atoms with E-state index < -0.39 is 0 Å². The third-order valence-electron chi connectivity index (χ3n) is 6.27. The number of pyridine rings is 1. The van der Waals surface area contributed by atoms with Crippen LogP contribution in [0.4, 0.5) is 0 Å². The van der Waals surface area contributed by atoms with Gasteiger partial charge in [0.05, 0.1) is 24.1 Å². The van der Waals surface area contributed by atoms with Gasteiger partial charge in [-0.05, 0) is 56.1 Å². The molecule has 5 heteroatoms. The SMILES string of the molecule is COc1ccc2c(c1)c1c(=O)n([C@@H]3CN4CCC3CC4)ccc1n2C. The summed E-state index contributed by atoms with van der Waals surface area (Å²) in [4.78, 5) is 15.9. The largest absolute Gasteiger partial charge is 0.497 e. The molecule has 3 saturated heterocycles. The van der Waals surface area contributed by atoms with Crippen molar-refractivity contribution in [2.45, 2.75) is 18.9 Å². The van der Waals surface area contributed by atoms with Gasteiger partial charge in [0.2, 0.25) is 0 Å². The van der Waals surface area contributed by atoms with E-state index in [0.717, 1.165) is 34.1 Å². The molecule has 3 aliphatic heterocycles. The van der Waals surface area contributed by atoms with Crippen LogP contribution >= 0.6 is 0 Å². The molecule has 0 aliphatic carbocycles. The molecule has 3 aliphatic rings. The van der Waals surface area contributed by atoms with Gasteiger partial charge in [0.25, 0.3) is 5.56 Å². The molecule has 1 aromatic carbocycles. The summed E-state index contributed by atoms with van der Waals surface area (Å²) in [7, 11) is 3.69. The van der Waals surface area contributed by atoms with Crippen LogP contribution in [0.3, 0.4) is 0 Å². The molecule has 3 aromatic rings. The van der Waals surface area contributed by atoms with E-state index in [2.05, 4.69) is 15.5 Å². The van der Waals surface area contributed by atoms with Crippen LogP contribution in [0.2, 0.25) is 0 Å². The number of rotatable bonds is 2. The Morgan fingerprint density at radius 3 is 2.60 bits per heavy atom. The van der Waals surface area contributed by atoms with Gasteiger partial charge >= 0.3 is 0 Å². The third-order valence-corrected chi connectivity index (χ3v) is 6.27. The normalized spacial score (nSPS) is 25.8.